The van der Waals surface area contributed by atoms with Crippen LogP contribution >= 0.6 is 11.6 Å². The first-order chi connectivity index (χ1) is 9.10. The molecule has 1 aromatic rings. The molecule has 0 saturated carbocycles. The molecule has 19 heavy (non-hydrogen) atoms. The summed E-state index contributed by atoms with van der Waals surface area (Å²) < 4.78 is 18.5. The van der Waals surface area contributed by atoms with E-state index >= 15 is 0 Å². The van der Waals surface area contributed by atoms with Crippen LogP contribution in [0.5, 0.6) is 0 Å². The quantitative estimate of drug-likeness (QED) is 0.884. The van der Waals surface area contributed by atoms with Crippen molar-refractivity contribution in [3.05, 3.63) is 34.6 Å². The summed E-state index contributed by atoms with van der Waals surface area (Å²) in [5.74, 6) is -0.641. The minimum Gasteiger partial charge on any atom is -0.364 e. The molecule has 0 aliphatic carbocycles. The van der Waals surface area contributed by atoms with E-state index in [-0.39, 0.29) is 17.0 Å². The Morgan fingerprint density at radius 1 is 1.53 bits per heavy atom. The van der Waals surface area contributed by atoms with Gasteiger partial charge < -0.3 is 15.8 Å². The molecule has 0 bridgehead atoms. The number of carbonyl (C=O) groups excluding carboxylic acids is 1. The third kappa shape index (κ3) is 3.65. The molecule has 0 aromatic heterocycles. The zero-order valence-electron chi connectivity index (χ0n) is 10.4. The fraction of sp³-hybridized carbons (Fsp3) is 0.462. The summed E-state index contributed by atoms with van der Waals surface area (Å²) in [5.41, 5.74) is 6.23. The zero-order valence-corrected chi connectivity index (χ0v) is 11.1. The number of carbonyl (C=O) groups is 1. The Bertz CT molecular complexity index is 470. The standard InChI is InChI=1S/C13H16ClFN2O2/c14-10-5-8(1-3-11(10)15)7-17-13(18)12-4-2-9(6-16)19-12/h1,3,5,9,12H,2,4,6-7,16H2,(H,17,18)/t9-,12+/m1/s1. The maximum absolute atomic E-state index is 13.0. The Morgan fingerprint density at radius 3 is 2.95 bits per heavy atom. The lowest BCUT2D eigenvalue weighted by molar-refractivity contribution is -0.132. The van der Waals surface area contributed by atoms with E-state index < -0.39 is 11.9 Å². The molecular weight excluding hydrogens is 271 g/mol. The van der Waals surface area contributed by atoms with E-state index in [1.54, 1.807) is 6.07 Å². The van der Waals surface area contributed by atoms with Gasteiger partial charge in [0.25, 0.3) is 0 Å². The first-order valence-corrected chi connectivity index (χ1v) is 6.55. The summed E-state index contributed by atoms with van der Waals surface area (Å²) in [6.45, 7) is 0.726. The molecule has 4 nitrogen and oxygen atoms in total. The van der Waals surface area contributed by atoms with E-state index in [2.05, 4.69) is 5.32 Å². The first-order valence-electron chi connectivity index (χ1n) is 6.17. The highest BCUT2D eigenvalue weighted by Crippen LogP contribution is 2.19. The normalized spacial score (nSPS) is 22.5. The van der Waals surface area contributed by atoms with Crippen LogP contribution in [0.1, 0.15) is 18.4 Å². The number of amides is 1. The van der Waals surface area contributed by atoms with Gasteiger partial charge in [0.05, 0.1) is 11.1 Å². The van der Waals surface area contributed by atoms with Crippen LogP contribution in [0.3, 0.4) is 0 Å². The topological polar surface area (TPSA) is 64.4 Å². The van der Waals surface area contributed by atoms with Gasteiger partial charge in [-0.3, -0.25) is 4.79 Å². The summed E-state index contributed by atoms with van der Waals surface area (Å²) >= 11 is 5.67. The Hall–Kier alpha value is -1.17. The third-order valence-corrected chi connectivity index (χ3v) is 3.40. The van der Waals surface area contributed by atoms with Gasteiger partial charge in [-0.25, -0.2) is 4.39 Å². The molecule has 6 heteroatoms. The molecule has 2 atom stereocenters. The maximum atomic E-state index is 13.0. The van der Waals surface area contributed by atoms with Crippen molar-refractivity contribution in [2.75, 3.05) is 6.54 Å². The summed E-state index contributed by atoms with van der Waals surface area (Å²) in [4.78, 5) is 11.8. The number of hydrogen-bond acceptors (Lipinski definition) is 3. The number of benzene rings is 1. The van der Waals surface area contributed by atoms with Crippen LogP contribution in [-0.2, 0) is 16.1 Å². The second-order valence-corrected chi connectivity index (χ2v) is 4.93. The van der Waals surface area contributed by atoms with Crippen LogP contribution < -0.4 is 11.1 Å². The van der Waals surface area contributed by atoms with Gasteiger partial charge in [0.2, 0.25) is 5.91 Å². The fourth-order valence-electron chi connectivity index (χ4n) is 2.02. The second kappa shape index (κ2) is 6.32. The molecular formula is C13H16ClFN2O2. The van der Waals surface area contributed by atoms with Crippen molar-refractivity contribution in [2.45, 2.75) is 31.6 Å². The number of nitrogens with two attached hydrogens (primary N) is 1. The Balaban J connectivity index is 1.85. The SMILES string of the molecule is NC[C@H]1CC[C@@H](C(=O)NCc2ccc(F)c(Cl)c2)O1. The molecule has 3 N–H and O–H groups in total. The van der Waals surface area contributed by atoms with Gasteiger partial charge in [-0.1, -0.05) is 17.7 Å². The average molecular weight is 287 g/mol. The predicted molar refractivity (Wildman–Crippen MR) is 70.2 cm³/mol. The first kappa shape index (κ1) is 14.2. The predicted octanol–water partition coefficient (Wildman–Crippen LogP) is 1.60. The maximum Gasteiger partial charge on any atom is 0.249 e. The molecule has 1 aliphatic rings. The van der Waals surface area contributed by atoms with E-state index in [9.17, 15) is 9.18 Å². The van der Waals surface area contributed by atoms with Gasteiger partial charge in [-0.2, -0.15) is 0 Å². The Labute approximate surface area is 116 Å². The van der Waals surface area contributed by atoms with Crippen molar-refractivity contribution in [1.82, 2.24) is 5.32 Å². The molecule has 1 fully saturated rings. The fourth-order valence-corrected chi connectivity index (χ4v) is 2.23. The van der Waals surface area contributed by atoms with Crippen LogP contribution in [0, 0.1) is 5.82 Å². The molecule has 1 saturated heterocycles. The molecule has 104 valence electrons. The van der Waals surface area contributed by atoms with Crippen LogP contribution in [0.15, 0.2) is 18.2 Å². The van der Waals surface area contributed by atoms with Gasteiger partial charge in [-0.05, 0) is 30.5 Å². The highest BCUT2D eigenvalue weighted by atomic mass is 35.5. The molecule has 1 amide bonds. The summed E-state index contributed by atoms with van der Waals surface area (Å²) in [6, 6.07) is 4.36. The molecule has 1 heterocycles. The van der Waals surface area contributed by atoms with Crippen molar-refractivity contribution < 1.29 is 13.9 Å². The lowest BCUT2D eigenvalue weighted by Crippen LogP contribution is -2.35. The van der Waals surface area contributed by atoms with E-state index in [0.717, 1.165) is 12.0 Å². The van der Waals surface area contributed by atoms with E-state index in [0.29, 0.717) is 19.5 Å². The van der Waals surface area contributed by atoms with Crippen molar-refractivity contribution >= 4 is 17.5 Å². The largest absolute Gasteiger partial charge is 0.364 e. The van der Waals surface area contributed by atoms with Crippen LogP contribution in [0.2, 0.25) is 5.02 Å². The highest BCUT2D eigenvalue weighted by molar-refractivity contribution is 6.30. The molecule has 0 radical (unpaired) electrons. The van der Waals surface area contributed by atoms with Crippen LogP contribution in [-0.4, -0.2) is 24.7 Å². The number of ether oxygens (including phenoxy) is 1. The highest BCUT2D eigenvalue weighted by Gasteiger charge is 2.29. The van der Waals surface area contributed by atoms with Gasteiger partial charge in [0.1, 0.15) is 11.9 Å². The van der Waals surface area contributed by atoms with Gasteiger partial charge in [-0.15, -0.1) is 0 Å². The monoisotopic (exact) mass is 286 g/mol. The summed E-state index contributed by atoms with van der Waals surface area (Å²) in [5, 5.41) is 2.79. The number of halogens is 2. The molecule has 1 aromatic carbocycles. The Morgan fingerprint density at radius 2 is 2.32 bits per heavy atom. The minimum absolute atomic E-state index is 0.0315. The van der Waals surface area contributed by atoms with E-state index in [1.807, 2.05) is 0 Å². The minimum atomic E-state index is -0.471. The third-order valence-electron chi connectivity index (χ3n) is 3.11. The average Bonchev–Trinajstić information content (AvgIpc) is 2.88. The number of nitrogens with one attached hydrogen (secondary N) is 1. The van der Waals surface area contributed by atoms with Gasteiger partial charge >= 0.3 is 0 Å². The lowest BCUT2D eigenvalue weighted by atomic mass is 10.2. The smallest absolute Gasteiger partial charge is 0.249 e. The van der Waals surface area contributed by atoms with Crippen LogP contribution in [0.4, 0.5) is 4.39 Å². The second-order valence-electron chi connectivity index (χ2n) is 4.53. The zero-order chi connectivity index (χ0) is 13.8. The number of rotatable bonds is 4. The molecule has 1 aliphatic heterocycles. The van der Waals surface area contributed by atoms with Crippen molar-refractivity contribution in [3.63, 3.8) is 0 Å². The van der Waals surface area contributed by atoms with Crippen molar-refractivity contribution in [3.8, 4) is 0 Å². The van der Waals surface area contributed by atoms with Crippen LogP contribution in [0.25, 0.3) is 0 Å². The molecule has 2 rings (SSSR count). The lowest BCUT2D eigenvalue weighted by Gasteiger charge is -2.12. The summed E-state index contributed by atoms with van der Waals surface area (Å²) in [6.07, 6.45) is 1.01. The summed E-state index contributed by atoms with van der Waals surface area (Å²) in [7, 11) is 0. The van der Waals surface area contributed by atoms with Gasteiger partial charge in [0.15, 0.2) is 0 Å². The van der Waals surface area contributed by atoms with Gasteiger partial charge in [0, 0.05) is 13.1 Å². The van der Waals surface area contributed by atoms with Crippen molar-refractivity contribution in [2.24, 2.45) is 5.73 Å². The van der Waals surface area contributed by atoms with Crippen molar-refractivity contribution in [1.29, 1.82) is 0 Å². The van der Waals surface area contributed by atoms with E-state index in [1.165, 1.54) is 12.1 Å². The molecule has 0 spiro atoms. The number of hydrogen-bond donors (Lipinski definition) is 2. The molecule has 0 unspecified atom stereocenters. The van der Waals surface area contributed by atoms with E-state index in [4.69, 9.17) is 22.1 Å². The Kier molecular flexibility index (Phi) is 4.74.